The summed E-state index contributed by atoms with van der Waals surface area (Å²) in [5.41, 5.74) is 10.4. The number of benzene rings is 1. The molecule has 2 N–H and O–H groups in total. The van der Waals surface area contributed by atoms with Crippen LogP contribution < -0.4 is 10.6 Å². The molecule has 0 spiro atoms. The van der Waals surface area contributed by atoms with Gasteiger partial charge < -0.3 is 15.4 Å². The zero-order valence-electron chi connectivity index (χ0n) is 18.8. The van der Waals surface area contributed by atoms with E-state index in [-0.39, 0.29) is 22.6 Å². The third kappa shape index (κ3) is 3.10. The predicted molar refractivity (Wildman–Crippen MR) is 118 cm³/mol. The first-order valence-electron chi connectivity index (χ1n) is 10.7. The molecule has 2 unspecified atom stereocenters. The standard InChI is InChI=1S/C25H31N3O2/c1-14-10-25(4,5)28(6)18-8-7-15(9-16(14)18)21-17(13-26)23(27)30-20-12-24(2,3)11-19(29)22(20)21/h7-9,14,21H,10-12,27H2,1-6H3. The van der Waals surface area contributed by atoms with Crippen LogP contribution >= 0.6 is 0 Å². The molecule has 3 aliphatic rings. The molecule has 0 saturated heterocycles. The Morgan fingerprint density at radius 1 is 1.23 bits per heavy atom. The molecular weight excluding hydrogens is 374 g/mol. The van der Waals surface area contributed by atoms with Crippen LogP contribution in [0.25, 0.3) is 0 Å². The molecule has 158 valence electrons. The number of hydrogen-bond acceptors (Lipinski definition) is 5. The fourth-order valence-corrected chi connectivity index (χ4v) is 5.39. The van der Waals surface area contributed by atoms with Gasteiger partial charge in [0.25, 0.3) is 0 Å². The summed E-state index contributed by atoms with van der Waals surface area (Å²) in [6.45, 7) is 10.9. The molecule has 2 heterocycles. The van der Waals surface area contributed by atoms with Gasteiger partial charge in [-0.3, -0.25) is 4.79 Å². The highest BCUT2D eigenvalue weighted by Crippen LogP contribution is 2.50. The van der Waals surface area contributed by atoms with Crippen molar-refractivity contribution in [2.45, 2.75) is 71.3 Å². The minimum atomic E-state index is -0.458. The van der Waals surface area contributed by atoms with Gasteiger partial charge in [-0.25, -0.2) is 0 Å². The molecule has 1 aliphatic carbocycles. The lowest BCUT2D eigenvalue weighted by Gasteiger charge is -2.45. The molecule has 0 saturated carbocycles. The summed E-state index contributed by atoms with van der Waals surface area (Å²) < 4.78 is 5.82. The fourth-order valence-electron chi connectivity index (χ4n) is 5.39. The number of fused-ring (bicyclic) bond motifs is 1. The Kier molecular flexibility index (Phi) is 4.54. The Hall–Kier alpha value is -2.74. The van der Waals surface area contributed by atoms with Crippen LogP contribution in [0, 0.1) is 16.7 Å². The number of carbonyl (C=O) groups excluding carboxylic acids is 1. The van der Waals surface area contributed by atoms with Crippen molar-refractivity contribution in [3.05, 3.63) is 52.1 Å². The van der Waals surface area contributed by atoms with Crippen LogP contribution in [-0.4, -0.2) is 18.4 Å². The molecule has 0 aromatic heterocycles. The van der Waals surface area contributed by atoms with Gasteiger partial charge in [-0.15, -0.1) is 0 Å². The lowest BCUT2D eigenvalue weighted by Crippen LogP contribution is -2.45. The van der Waals surface area contributed by atoms with Crippen LogP contribution in [0.1, 0.15) is 76.8 Å². The summed E-state index contributed by atoms with van der Waals surface area (Å²) in [5, 5.41) is 9.86. The molecule has 2 atom stereocenters. The first-order chi connectivity index (χ1) is 13.9. The number of allylic oxidation sites excluding steroid dienone is 3. The molecule has 5 nitrogen and oxygen atoms in total. The number of nitrogens with two attached hydrogens (primary N) is 1. The number of anilines is 1. The van der Waals surface area contributed by atoms with Gasteiger partial charge in [0.1, 0.15) is 17.4 Å². The summed E-state index contributed by atoms with van der Waals surface area (Å²) in [4.78, 5) is 15.5. The largest absolute Gasteiger partial charge is 0.444 e. The fraction of sp³-hybridized carbons (Fsp3) is 0.520. The summed E-state index contributed by atoms with van der Waals surface area (Å²) in [5.74, 6) is 0.723. The minimum absolute atomic E-state index is 0.0514. The van der Waals surface area contributed by atoms with E-state index in [0.717, 1.165) is 12.0 Å². The van der Waals surface area contributed by atoms with Gasteiger partial charge in [-0.1, -0.05) is 32.9 Å². The van der Waals surface area contributed by atoms with Crippen molar-refractivity contribution in [2.24, 2.45) is 11.1 Å². The third-order valence-corrected chi connectivity index (χ3v) is 7.07. The molecule has 4 rings (SSSR count). The van der Waals surface area contributed by atoms with Gasteiger partial charge in [-0.2, -0.15) is 5.26 Å². The number of hydrogen-bond donors (Lipinski definition) is 1. The van der Waals surface area contributed by atoms with E-state index in [0.29, 0.717) is 35.7 Å². The number of carbonyl (C=O) groups is 1. The SMILES string of the molecule is CC1CC(C)(C)N(C)c2ccc(C3C(C#N)=C(N)OC4=C3C(=O)CC(C)(C)C4)cc21. The van der Waals surface area contributed by atoms with Gasteiger partial charge in [0.2, 0.25) is 5.88 Å². The molecule has 1 aromatic rings. The van der Waals surface area contributed by atoms with Crippen molar-refractivity contribution in [1.82, 2.24) is 0 Å². The topological polar surface area (TPSA) is 79.3 Å². The van der Waals surface area contributed by atoms with Crippen LogP contribution in [0.3, 0.4) is 0 Å². The van der Waals surface area contributed by atoms with Crippen LogP contribution in [0.15, 0.2) is 41.0 Å². The third-order valence-electron chi connectivity index (χ3n) is 7.07. The van der Waals surface area contributed by atoms with Gasteiger partial charge in [0.15, 0.2) is 5.78 Å². The second-order valence-corrected chi connectivity index (χ2v) is 10.5. The van der Waals surface area contributed by atoms with Crippen molar-refractivity contribution in [3.63, 3.8) is 0 Å². The highest BCUT2D eigenvalue weighted by Gasteiger charge is 2.43. The number of nitrogens with zero attached hydrogens (tertiary/aromatic N) is 2. The maximum atomic E-state index is 13.2. The van der Waals surface area contributed by atoms with E-state index in [1.807, 2.05) is 6.07 Å². The van der Waals surface area contributed by atoms with Crippen molar-refractivity contribution in [3.8, 4) is 6.07 Å². The number of rotatable bonds is 1. The number of Topliss-reactive ketones (excluding diaryl/α,β-unsaturated/α-hetero) is 1. The van der Waals surface area contributed by atoms with Gasteiger partial charge >= 0.3 is 0 Å². The zero-order valence-corrected chi connectivity index (χ0v) is 18.8. The lowest BCUT2D eigenvalue weighted by molar-refractivity contribution is -0.119. The van der Waals surface area contributed by atoms with E-state index in [4.69, 9.17) is 10.5 Å². The number of ether oxygens (including phenoxy) is 1. The summed E-state index contributed by atoms with van der Waals surface area (Å²) >= 11 is 0. The average Bonchev–Trinajstić information content (AvgIpc) is 2.63. The molecule has 0 fully saturated rings. The first kappa shape index (κ1) is 20.5. The molecule has 2 aliphatic heterocycles. The Labute approximate surface area is 179 Å². The summed E-state index contributed by atoms with van der Waals surface area (Å²) in [6, 6.07) is 8.56. The maximum absolute atomic E-state index is 13.2. The number of ketones is 1. The van der Waals surface area contributed by atoms with Crippen molar-refractivity contribution in [1.29, 1.82) is 5.26 Å². The Morgan fingerprint density at radius 2 is 1.93 bits per heavy atom. The Bertz CT molecular complexity index is 1040. The van der Waals surface area contributed by atoms with Crippen LogP contribution in [0.4, 0.5) is 5.69 Å². The van der Waals surface area contributed by atoms with Gasteiger partial charge in [0.05, 0.1) is 5.92 Å². The van der Waals surface area contributed by atoms with Gasteiger partial charge in [-0.05, 0) is 48.8 Å². The lowest BCUT2D eigenvalue weighted by atomic mass is 9.69. The average molecular weight is 406 g/mol. The normalized spacial score (nSPS) is 27.2. The second kappa shape index (κ2) is 6.63. The molecule has 5 heteroatoms. The van der Waals surface area contributed by atoms with E-state index in [1.54, 1.807) is 0 Å². The second-order valence-electron chi connectivity index (χ2n) is 10.5. The maximum Gasteiger partial charge on any atom is 0.205 e. The highest BCUT2D eigenvalue weighted by atomic mass is 16.5. The monoisotopic (exact) mass is 405 g/mol. The van der Waals surface area contributed by atoms with E-state index >= 15 is 0 Å². The quantitative estimate of drug-likeness (QED) is 0.722. The molecule has 30 heavy (non-hydrogen) atoms. The first-order valence-corrected chi connectivity index (χ1v) is 10.7. The highest BCUT2D eigenvalue weighted by molar-refractivity contribution is 6.00. The van der Waals surface area contributed by atoms with E-state index in [1.165, 1.54) is 11.3 Å². The molecule has 0 radical (unpaired) electrons. The van der Waals surface area contributed by atoms with E-state index in [9.17, 15) is 10.1 Å². The number of nitriles is 1. The smallest absolute Gasteiger partial charge is 0.205 e. The Balaban J connectivity index is 1.87. The van der Waals surface area contributed by atoms with Crippen molar-refractivity contribution >= 4 is 11.5 Å². The van der Waals surface area contributed by atoms with E-state index in [2.05, 4.69) is 64.8 Å². The predicted octanol–water partition coefficient (Wildman–Crippen LogP) is 4.86. The van der Waals surface area contributed by atoms with E-state index < -0.39 is 5.92 Å². The Morgan fingerprint density at radius 3 is 2.60 bits per heavy atom. The minimum Gasteiger partial charge on any atom is -0.444 e. The van der Waals surface area contributed by atoms with Gasteiger partial charge in [0, 0.05) is 36.7 Å². The summed E-state index contributed by atoms with van der Waals surface area (Å²) in [7, 11) is 2.13. The van der Waals surface area contributed by atoms with Crippen LogP contribution in [0.2, 0.25) is 0 Å². The van der Waals surface area contributed by atoms with Crippen LogP contribution in [0.5, 0.6) is 0 Å². The molecule has 0 amide bonds. The molecule has 0 bridgehead atoms. The van der Waals surface area contributed by atoms with Crippen LogP contribution in [-0.2, 0) is 9.53 Å². The van der Waals surface area contributed by atoms with Crippen molar-refractivity contribution < 1.29 is 9.53 Å². The molecular formula is C25H31N3O2. The summed E-state index contributed by atoms with van der Waals surface area (Å²) in [6.07, 6.45) is 2.13. The molecule has 1 aromatic carbocycles. The van der Waals surface area contributed by atoms with Crippen molar-refractivity contribution in [2.75, 3.05) is 11.9 Å². The zero-order chi connectivity index (χ0) is 22.0.